The third kappa shape index (κ3) is 5.17. The first-order valence-corrected chi connectivity index (χ1v) is 9.79. The largest absolute Gasteiger partial charge is 0.465 e. The van der Waals surface area contributed by atoms with Crippen LogP contribution in [-0.2, 0) is 14.8 Å². The van der Waals surface area contributed by atoms with Gasteiger partial charge in [-0.1, -0.05) is 25.3 Å². The van der Waals surface area contributed by atoms with Crippen molar-refractivity contribution < 1.29 is 17.9 Å². The van der Waals surface area contributed by atoms with Gasteiger partial charge in [0.05, 0.1) is 17.6 Å². The van der Waals surface area contributed by atoms with Crippen molar-refractivity contribution in [2.24, 2.45) is 11.7 Å². The zero-order valence-corrected chi connectivity index (χ0v) is 16.3. The summed E-state index contributed by atoms with van der Waals surface area (Å²) in [5, 5.41) is 0. The van der Waals surface area contributed by atoms with E-state index < -0.39 is 16.0 Å². The topological polar surface area (TPSA) is 98.5 Å². The summed E-state index contributed by atoms with van der Waals surface area (Å²) in [5.74, 6) is -0.283. The molecule has 0 spiro atoms. The number of nitrogens with one attached hydrogen (secondary N) is 1. The highest BCUT2D eigenvalue weighted by Crippen LogP contribution is 2.27. The molecule has 0 heterocycles. The van der Waals surface area contributed by atoms with Gasteiger partial charge in [0.2, 0.25) is 10.0 Å². The summed E-state index contributed by atoms with van der Waals surface area (Å²) in [5.41, 5.74) is 6.46. The Balaban J connectivity index is 0.00000312. The van der Waals surface area contributed by atoms with Crippen LogP contribution >= 0.6 is 12.4 Å². The Morgan fingerprint density at radius 2 is 1.96 bits per heavy atom. The molecule has 8 heteroatoms. The maximum Gasteiger partial charge on any atom is 0.338 e. The molecule has 0 aromatic heterocycles. The van der Waals surface area contributed by atoms with Crippen LogP contribution in [0, 0.1) is 12.8 Å². The second kappa shape index (κ2) is 9.52. The first kappa shape index (κ1) is 21.9. The quantitative estimate of drug-likeness (QED) is 0.726. The summed E-state index contributed by atoms with van der Waals surface area (Å²) < 4.78 is 33.1. The maximum absolute atomic E-state index is 12.8. The van der Waals surface area contributed by atoms with Crippen molar-refractivity contribution in [3.05, 3.63) is 29.3 Å². The van der Waals surface area contributed by atoms with Gasteiger partial charge in [-0.3, -0.25) is 0 Å². The van der Waals surface area contributed by atoms with Crippen molar-refractivity contribution in [2.75, 3.05) is 13.7 Å². The number of hydrogen-bond acceptors (Lipinski definition) is 5. The fourth-order valence-corrected chi connectivity index (χ4v) is 4.96. The van der Waals surface area contributed by atoms with E-state index in [4.69, 9.17) is 10.5 Å². The Morgan fingerprint density at radius 1 is 1.32 bits per heavy atom. The van der Waals surface area contributed by atoms with Crippen LogP contribution in [0.25, 0.3) is 0 Å². The molecule has 3 N–H and O–H groups in total. The first-order valence-electron chi connectivity index (χ1n) is 8.31. The van der Waals surface area contributed by atoms with Gasteiger partial charge in [0.1, 0.15) is 0 Å². The van der Waals surface area contributed by atoms with E-state index in [1.165, 1.54) is 19.6 Å². The van der Waals surface area contributed by atoms with E-state index in [1.807, 2.05) is 0 Å². The molecular formula is C17H27ClN2O4S. The maximum atomic E-state index is 12.8. The molecule has 0 aliphatic heterocycles. The van der Waals surface area contributed by atoms with Crippen molar-refractivity contribution in [3.63, 3.8) is 0 Å². The second-order valence-electron chi connectivity index (χ2n) is 6.28. The van der Waals surface area contributed by atoms with Crippen molar-refractivity contribution >= 4 is 28.4 Å². The van der Waals surface area contributed by atoms with Gasteiger partial charge in [-0.2, -0.15) is 0 Å². The van der Waals surface area contributed by atoms with Crippen LogP contribution in [0.4, 0.5) is 0 Å². The predicted octanol–water partition coefficient (Wildman–Crippen LogP) is 2.39. The van der Waals surface area contributed by atoms with Crippen molar-refractivity contribution in [1.29, 1.82) is 0 Å². The number of methoxy groups -OCH3 is 1. The van der Waals surface area contributed by atoms with E-state index in [0.717, 1.165) is 25.7 Å². The standard InChI is InChI=1S/C17H26N2O4S.ClH/c1-12-14(17(20)23-2)9-6-10-16(12)24(21,22)19-15(11-18)13-7-4-3-5-8-13;/h6,9-10,13,15,19H,3-5,7-8,11,18H2,1-2H3;1H. The molecule has 1 fully saturated rings. The lowest BCUT2D eigenvalue weighted by Gasteiger charge is -2.30. The smallest absolute Gasteiger partial charge is 0.338 e. The van der Waals surface area contributed by atoms with Gasteiger partial charge in [0, 0.05) is 12.6 Å². The number of benzene rings is 1. The highest BCUT2D eigenvalue weighted by atomic mass is 35.5. The molecule has 1 aromatic rings. The molecule has 1 saturated carbocycles. The summed E-state index contributed by atoms with van der Waals surface area (Å²) in [6.45, 7) is 1.87. The van der Waals surface area contributed by atoms with E-state index in [1.54, 1.807) is 19.1 Å². The van der Waals surface area contributed by atoms with E-state index >= 15 is 0 Å². The molecule has 0 saturated heterocycles. The number of hydrogen-bond donors (Lipinski definition) is 2. The van der Waals surface area contributed by atoms with E-state index in [-0.39, 0.29) is 41.4 Å². The van der Waals surface area contributed by atoms with Crippen LogP contribution in [-0.4, -0.2) is 34.1 Å². The molecule has 1 unspecified atom stereocenters. The van der Waals surface area contributed by atoms with Gasteiger partial charge in [0.15, 0.2) is 0 Å². The molecule has 25 heavy (non-hydrogen) atoms. The van der Waals surface area contributed by atoms with Crippen LogP contribution in [0.3, 0.4) is 0 Å². The van der Waals surface area contributed by atoms with Gasteiger partial charge < -0.3 is 10.5 Å². The number of rotatable bonds is 6. The predicted molar refractivity (Wildman–Crippen MR) is 99.5 cm³/mol. The number of ether oxygens (including phenoxy) is 1. The van der Waals surface area contributed by atoms with E-state index in [9.17, 15) is 13.2 Å². The van der Waals surface area contributed by atoms with Gasteiger partial charge in [-0.25, -0.2) is 17.9 Å². The Morgan fingerprint density at radius 3 is 2.52 bits per heavy atom. The normalized spacial score (nSPS) is 16.8. The third-order valence-corrected chi connectivity index (χ3v) is 6.39. The third-order valence-electron chi connectivity index (χ3n) is 4.76. The molecular weight excluding hydrogens is 364 g/mol. The Hall–Kier alpha value is -1.15. The Bertz CT molecular complexity index is 688. The Labute approximate surface area is 156 Å². The summed E-state index contributed by atoms with van der Waals surface area (Å²) in [4.78, 5) is 11.9. The minimum Gasteiger partial charge on any atom is -0.465 e. The summed E-state index contributed by atoms with van der Waals surface area (Å²) in [6.07, 6.45) is 5.40. The number of carbonyl (C=O) groups is 1. The lowest BCUT2D eigenvalue weighted by molar-refractivity contribution is 0.0599. The lowest BCUT2D eigenvalue weighted by atomic mass is 9.84. The zero-order chi connectivity index (χ0) is 17.7. The summed E-state index contributed by atoms with van der Waals surface area (Å²) in [6, 6.07) is 4.32. The van der Waals surface area contributed by atoms with Gasteiger partial charge in [0.25, 0.3) is 0 Å². The molecule has 1 aromatic carbocycles. The number of carbonyl (C=O) groups excluding carboxylic acids is 1. The van der Waals surface area contributed by atoms with Crippen LogP contribution in [0.15, 0.2) is 23.1 Å². The minimum absolute atomic E-state index is 0. The first-order chi connectivity index (χ1) is 11.4. The van der Waals surface area contributed by atoms with E-state index in [0.29, 0.717) is 5.56 Å². The SMILES string of the molecule is COC(=O)c1cccc(S(=O)(=O)NC(CN)C2CCCCC2)c1C.Cl. The molecule has 0 bridgehead atoms. The molecule has 142 valence electrons. The molecule has 2 rings (SSSR count). The fourth-order valence-electron chi connectivity index (χ4n) is 3.37. The fraction of sp³-hybridized carbons (Fsp3) is 0.588. The van der Waals surface area contributed by atoms with Crippen molar-refractivity contribution in [2.45, 2.75) is 50.0 Å². The van der Waals surface area contributed by atoms with Crippen LogP contribution in [0.2, 0.25) is 0 Å². The molecule has 1 atom stereocenters. The zero-order valence-electron chi connectivity index (χ0n) is 14.7. The number of nitrogens with two attached hydrogens (primary N) is 1. The number of halogens is 1. The van der Waals surface area contributed by atoms with Gasteiger partial charge in [-0.05, 0) is 43.4 Å². The van der Waals surface area contributed by atoms with Gasteiger partial charge in [-0.15, -0.1) is 12.4 Å². The van der Waals surface area contributed by atoms with Crippen molar-refractivity contribution in [3.8, 4) is 0 Å². The van der Waals surface area contributed by atoms with E-state index in [2.05, 4.69) is 4.72 Å². The van der Waals surface area contributed by atoms with Crippen LogP contribution in [0.1, 0.15) is 48.0 Å². The van der Waals surface area contributed by atoms with Crippen LogP contribution in [0.5, 0.6) is 0 Å². The monoisotopic (exact) mass is 390 g/mol. The van der Waals surface area contributed by atoms with Gasteiger partial charge >= 0.3 is 5.97 Å². The number of sulfonamides is 1. The Kier molecular flexibility index (Phi) is 8.34. The summed E-state index contributed by atoms with van der Waals surface area (Å²) >= 11 is 0. The molecule has 1 aliphatic carbocycles. The molecule has 1 aliphatic rings. The highest BCUT2D eigenvalue weighted by Gasteiger charge is 2.29. The second-order valence-corrected chi connectivity index (χ2v) is 7.96. The molecule has 6 nitrogen and oxygen atoms in total. The average molecular weight is 391 g/mol. The van der Waals surface area contributed by atoms with Crippen molar-refractivity contribution in [1.82, 2.24) is 4.72 Å². The minimum atomic E-state index is -3.75. The average Bonchev–Trinajstić information content (AvgIpc) is 2.59. The molecule has 0 radical (unpaired) electrons. The summed E-state index contributed by atoms with van der Waals surface area (Å²) in [7, 11) is -2.48. The lowest BCUT2D eigenvalue weighted by Crippen LogP contribution is -2.46. The highest BCUT2D eigenvalue weighted by molar-refractivity contribution is 7.89. The van der Waals surface area contributed by atoms with Crippen LogP contribution < -0.4 is 10.5 Å². The number of esters is 1. The molecule has 0 amide bonds.